The summed E-state index contributed by atoms with van der Waals surface area (Å²) in [6.07, 6.45) is 9.00. The highest BCUT2D eigenvalue weighted by Crippen LogP contribution is 2.24. The van der Waals surface area contributed by atoms with Crippen LogP contribution in [0.15, 0.2) is 55.6 Å². The fourth-order valence-corrected chi connectivity index (χ4v) is 2.64. The minimum atomic E-state index is 0.551. The fraction of sp³-hybridized carbons (Fsp3) is 0.200. The van der Waals surface area contributed by atoms with Crippen LogP contribution in [0, 0.1) is 0 Å². The summed E-state index contributed by atoms with van der Waals surface area (Å²) in [5.74, 6) is 0.551. The third-order valence-corrected chi connectivity index (χ3v) is 3.88. The Hall–Kier alpha value is -2.08. The number of benzene rings is 2. The van der Waals surface area contributed by atoms with E-state index in [1.807, 2.05) is 12.2 Å². The maximum Gasteiger partial charge on any atom is -0.0103 e. The van der Waals surface area contributed by atoms with Crippen LogP contribution >= 0.6 is 0 Å². The van der Waals surface area contributed by atoms with Crippen LogP contribution in [-0.2, 0) is 0 Å². The van der Waals surface area contributed by atoms with Crippen molar-refractivity contribution >= 4 is 22.9 Å². The van der Waals surface area contributed by atoms with Crippen molar-refractivity contribution in [1.29, 1.82) is 0 Å². The lowest BCUT2D eigenvalue weighted by atomic mass is 9.91. The summed E-state index contributed by atoms with van der Waals surface area (Å²) in [6, 6.07) is 10.9. The molecule has 0 aliphatic heterocycles. The van der Waals surface area contributed by atoms with Gasteiger partial charge in [-0.3, -0.25) is 0 Å². The summed E-state index contributed by atoms with van der Waals surface area (Å²) in [4.78, 5) is 0. The van der Waals surface area contributed by atoms with Gasteiger partial charge in [0.2, 0.25) is 0 Å². The lowest BCUT2D eigenvalue weighted by Crippen LogP contribution is -2.26. The van der Waals surface area contributed by atoms with Gasteiger partial charge in [-0.1, -0.05) is 81.6 Å². The van der Waals surface area contributed by atoms with Gasteiger partial charge >= 0.3 is 0 Å². The Labute approximate surface area is 121 Å². The van der Waals surface area contributed by atoms with E-state index in [0.29, 0.717) is 5.92 Å². The van der Waals surface area contributed by atoms with Gasteiger partial charge in [-0.05, 0) is 39.1 Å². The van der Waals surface area contributed by atoms with E-state index in [-0.39, 0.29) is 0 Å². The highest BCUT2D eigenvalue weighted by Gasteiger charge is 2.09. The quantitative estimate of drug-likeness (QED) is 0.771. The molecule has 0 saturated carbocycles. The van der Waals surface area contributed by atoms with Crippen molar-refractivity contribution in [3.8, 4) is 0 Å². The van der Waals surface area contributed by atoms with E-state index in [4.69, 9.17) is 0 Å². The summed E-state index contributed by atoms with van der Waals surface area (Å²) in [5.41, 5.74) is 1.41. The second kappa shape index (κ2) is 6.38. The molecule has 0 heteroatoms. The Bertz CT molecular complexity index is 747. The third-order valence-electron chi connectivity index (χ3n) is 3.88. The van der Waals surface area contributed by atoms with Gasteiger partial charge in [0.05, 0.1) is 0 Å². The molecular weight excluding hydrogens is 240 g/mol. The van der Waals surface area contributed by atoms with Crippen molar-refractivity contribution < 1.29 is 0 Å². The van der Waals surface area contributed by atoms with Gasteiger partial charge < -0.3 is 0 Å². The smallest absolute Gasteiger partial charge is 0.0103 e. The molecule has 0 saturated heterocycles. The molecule has 0 spiro atoms. The van der Waals surface area contributed by atoms with Gasteiger partial charge in [0.1, 0.15) is 0 Å². The summed E-state index contributed by atoms with van der Waals surface area (Å²) in [7, 11) is 0. The molecule has 0 aromatic heterocycles. The molecule has 0 N–H and O–H groups in total. The second-order valence-electron chi connectivity index (χ2n) is 5.13. The van der Waals surface area contributed by atoms with Crippen molar-refractivity contribution in [3.05, 3.63) is 71.6 Å². The Balaban J connectivity index is 3.02. The SMILES string of the molecule is C=C/C=c1/cc(C(C)CC)c2ccccc2/c1=C/C=C. The Kier molecular flexibility index (Phi) is 4.57. The number of hydrogen-bond donors (Lipinski definition) is 0. The molecule has 0 fully saturated rings. The number of fused-ring (bicyclic) bond motifs is 1. The zero-order chi connectivity index (χ0) is 14.5. The number of hydrogen-bond acceptors (Lipinski definition) is 0. The van der Waals surface area contributed by atoms with Crippen LogP contribution in [0.5, 0.6) is 0 Å². The van der Waals surface area contributed by atoms with Gasteiger partial charge in [-0.2, -0.15) is 0 Å². The van der Waals surface area contributed by atoms with Crippen LogP contribution in [0.25, 0.3) is 22.9 Å². The molecule has 0 amide bonds. The third kappa shape index (κ3) is 2.60. The topological polar surface area (TPSA) is 0 Å². The van der Waals surface area contributed by atoms with Gasteiger partial charge in [0.25, 0.3) is 0 Å². The van der Waals surface area contributed by atoms with E-state index in [9.17, 15) is 0 Å². The van der Waals surface area contributed by atoms with Crippen LogP contribution in [0.2, 0.25) is 0 Å². The average molecular weight is 262 g/mol. The van der Waals surface area contributed by atoms with Gasteiger partial charge in [0.15, 0.2) is 0 Å². The zero-order valence-corrected chi connectivity index (χ0v) is 12.4. The van der Waals surface area contributed by atoms with Crippen molar-refractivity contribution in [3.63, 3.8) is 0 Å². The lowest BCUT2D eigenvalue weighted by Gasteiger charge is -2.14. The van der Waals surface area contributed by atoms with Gasteiger partial charge in [-0.15, -0.1) is 0 Å². The summed E-state index contributed by atoms with van der Waals surface area (Å²) < 4.78 is 0. The Morgan fingerprint density at radius 3 is 2.30 bits per heavy atom. The highest BCUT2D eigenvalue weighted by molar-refractivity contribution is 5.88. The minimum absolute atomic E-state index is 0.551. The molecule has 2 rings (SSSR count). The lowest BCUT2D eigenvalue weighted by molar-refractivity contribution is 0.739. The van der Waals surface area contributed by atoms with E-state index in [2.05, 4.69) is 69.5 Å². The first-order chi connectivity index (χ1) is 9.72. The van der Waals surface area contributed by atoms with Gasteiger partial charge in [0, 0.05) is 0 Å². The Morgan fingerprint density at radius 1 is 1.05 bits per heavy atom. The first-order valence-corrected chi connectivity index (χ1v) is 7.20. The van der Waals surface area contributed by atoms with Gasteiger partial charge in [-0.25, -0.2) is 0 Å². The first kappa shape index (κ1) is 14.3. The standard InChI is InChI=1S/C20H22/c1-5-10-16-14-20(15(4)7-3)19-13-9-8-12-18(19)17(16)11-6-2/h5-6,8-15H,1-2,7H2,3-4H3/b16-10-,17-11+. The normalized spacial score (nSPS) is 14.5. The molecule has 2 aromatic carbocycles. The van der Waals surface area contributed by atoms with E-state index in [1.54, 1.807) is 0 Å². The molecule has 20 heavy (non-hydrogen) atoms. The second-order valence-corrected chi connectivity index (χ2v) is 5.13. The zero-order valence-electron chi connectivity index (χ0n) is 12.4. The monoisotopic (exact) mass is 262 g/mol. The molecule has 0 aliphatic carbocycles. The summed E-state index contributed by atoms with van der Waals surface area (Å²) in [6.45, 7) is 12.2. The van der Waals surface area contributed by atoms with Crippen molar-refractivity contribution in [2.24, 2.45) is 0 Å². The molecule has 0 radical (unpaired) electrons. The van der Waals surface area contributed by atoms with Crippen LogP contribution in [0.1, 0.15) is 31.7 Å². The molecule has 1 atom stereocenters. The maximum atomic E-state index is 3.84. The van der Waals surface area contributed by atoms with E-state index in [1.165, 1.54) is 26.8 Å². The highest BCUT2D eigenvalue weighted by atomic mass is 14.1. The molecular formula is C20H22. The minimum Gasteiger partial charge on any atom is -0.0990 e. The predicted molar refractivity (Wildman–Crippen MR) is 91.2 cm³/mol. The largest absolute Gasteiger partial charge is 0.0990 e. The van der Waals surface area contributed by atoms with E-state index in [0.717, 1.165) is 6.42 Å². The molecule has 0 nitrogen and oxygen atoms in total. The van der Waals surface area contributed by atoms with Crippen molar-refractivity contribution in [1.82, 2.24) is 0 Å². The van der Waals surface area contributed by atoms with Crippen LogP contribution in [0.4, 0.5) is 0 Å². The van der Waals surface area contributed by atoms with Crippen molar-refractivity contribution in [2.75, 3.05) is 0 Å². The van der Waals surface area contributed by atoms with Crippen LogP contribution in [-0.4, -0.2) is 0 Å². The fourth-order valence-electron chi connectivity index (χ4n) is 2.64. The van der Waals surface area contributed by atoms with E-state index < -0.39 is 0 Å². The molecule has 0 heterocycles. The van der Waals surface area contributed by atoms with Crippen molar-refractivity contribution in [2.45, 2.75) is 26.2 Å². The summed E-state index contributed by atoms with van der Waals surface area (Å²) in [5, 5.41) is 5.07. The molecule has 0 bridgehead atoms. The number of allylic oxidation sites excluding steroid dienone is 2. The molecule has 1 unspecified atom stereocenters. The van der Waals surface area contributed by atoms with E-state index >= 15 is 0 Å². The molecule has 0 aliphatic rings. The predicted octanol–water partition coefficient (Wildman–Crippen LogP) is 4.29. The average Bonchev–Trinajstić information content (AvgIpc) is 2.49. The maximum absolute atomic E-state index is 3.84. The number of rotatable bonds is 4. The Morgan fingerprint density at radius 2 is 1.70 bits per heavy atom. The summed E-state index contributed by atoms with van der Waals surface area (Å²) >= 11 is 0. The molecule has 102 valence electrons. The van der Waals surface area contributed by atoms with Crippen LogP contribution in [0.3, 0.4) is 0 Å². The first-order valence-electron chi connectivity index (χ1n) is 7.20. The van der Waals surface area contributed by atoms with Crippen LogP contribution < -0.4 is 10.4 Å². The molecule has 2 aromatic rings.